The normalized spacial score (nSPS) is 17.6. The molecule has 1 heterocycles. The molecule has 0 spiro atoms. The van der Waals surface area contributed by atoms with E-state index in [9.17, 15) is 24.3 Å². The van der Waals surface area contributed by atoms with Gasteiger partial charge in [0.05, 0.1) is 19.2 Å². The zero-order valence-corrected chi connectivity index (χ0v) is 16.3. The van der Waals surface area contributed by atoms with Crippen LogP contribution >= 0.6 is 0 Å². The van der Waals surface area contributed by atoms with Gasteiger partial charge in [-0.3, -0.25) is 14.4 Å². The lowest BCUT2D eigenvalue weighted by Gasteiger charge is -2.21. The van der Waals surface area contributed by atoms with Gasteiger partial charge in [0.1, 0.15) is 17.8 Å². The number of rotatable bonds is 10. The van der Waals surface area contributed by atoms with Gasteiger partial charge in [0, 0.05) is 6.42 Å². The lowest BCUT2D eigenvalue weighted by Crippen LogP contribution is -2.55. The summed E-state index contributed by atoms with van der Waals surface area (Å²) in [6.45, 7) is -0.432. The molecule has 1 aromatic carbocycles. The van der Waals surface area contributed by atoms with Crippen molar-refractivity contribution < 1.29 is 34.5 Å². The predicted molar refractivity (Wildman–Crippen MR) is 104 cm³/mol. The number of phenols is 1. The smallest absolute Gasteiger partial charge is 0.328 e. The van der Waals surface area contributed by atoms with Gasteiger partial charge in [0.25, 0.3) is 0 Å². The molecule has 3 atom stereocenters. The van der Waals surface area contributed by atoms with Gasteiger partial charge in [-0.15, -0.1) is 0 Å². The average Bonchev–Trinajstić information content (AvgIpc) is 3.26. The second-order valence-corrected chi connectivity index (χ2v) is 6.94. The number of hydrogen-bond donors (Lipinski definition) is 7. The fourth-order valence-corrected chi connectivity index (χ4v) is 2.98. The van der Waals surface area contributed by atoms with E-state index in [-0.39, 0.29) is 30.7 Å². The highest BCUT2D eigenvalue weighted by Gasteiger charge is 2.27. The summed E-state index contributed by atoms with van der Waals surface area (Å²) >= 11 is 0. The van der Waals surface area contributed by atoms with E-state index in [0.717, 1.165) is 13.0 Å². The van der Waals surface area contributed by atoms with Crippen molar-refractivity contribution in [2.45, 2.75) is 37.4 Å². The minimum Gasteiger partial charge on any atom is -0.508 e. The number of phenolic OH excluding ortho intramolecular Hbond substituents is 1. The Morgan fingerprint density at radius 3 is 2.37 bits per heavy atom. The third kappa shape index (κ3) is 7.01. The Labute approximate surface area is 172 Å². The van der Waals surface area contributed by atoms with Crippen molar-refractivity contribution in [3.8, 4) is 5.75 Å². The molecule has 30 heavy (non-hydrogen) atoms. The molecule has 0 aliphatic carbocycles. The highest BCUT2D eigenvalue weighted by Crippen LogP contribution is 2.11. The molecule has 0 radical (unpaired) electrons. The van der Waals surface area contributed by atoms with Crippen molar-refractivity contribution in [3.05, 3.63) is 29.8 Å². The quantitative estimate of drug-likeness (QED) is 0.223. The van der Waals surface area contributed by atoms with Crippen LogP contribution in [0.5, 0.6) is 5.75 Å². The van der Waals surface area contributed by atoms with Crippen LogP contribution in [0.1, 0.15) is 18.4 Å². The number of carbonyl (C=O) groups excluding carboxylic acids is 3. The minimum absolute atomic E-state index is 0.00769. The van der Waals surface area contributed by atoms with Crippen LogP contribution in [-0.4, -0.2) is 76.8 Å². The maximum Gasteiger partial charge on any atom is 0.328 e. The van der Waals surface area contributed by atoms with Gasteiger partial charge in [-0.25, -0.2) is 4.79 Å². The fourth-order valence-electron chi connectivity index (χ4n) is 2.98. The number of carbonyl (C=O) groups is 4. The number of aliphatic hydroxyl groups is 1. The first kappa shape index (κ1) is 23.1. The molecule has 1 saturated heterocycles. The number of amides is 3. The molecular formula is C19H26N4O7. The summed E-state index contributed by atoms with van der Waals surface area (Å²) < 4.78 is 0. The number of aliphatic hydroxyl groups excluding tert-OH is 1. The van der Waals surface area contributed by atoms with Crippen molar-refractivity contribution in [1.82, 2.24) is 21.3 Å². The van der Waals surface area contributed by atoms with Crippen LogP contribution in [0.15, 0.2) is 24.3 Å². The standard InChI is InChI=1S/C19H26N4O7/c24-10-15(19(29)30)23-18(28)14(8-11-3-5-12(25)6-4-11)22-16(26)9-21-17(27)13-2-1-7-20-13/h3-6,13-15,20,24-25H,1-2,7-10H2,(H,21,27)(H,22,26)(H,23,28)(H,29,30)/t13-,14-,15-/m0/s1. The van der Waals surface area contributed by atoms with Gasteiger partial charge < -0.3 is 36.6 Å². The van der Waals surface area contributed by atoms with Crippen molar-refractivity contribution in [3.63, 3.8) is 0 Å². The molecule has 1 aliphatic heterocycles. The minimum atomic E-state index is -1.52. The van der Waals surface area contributed by atoms with E-state index >= 15 is 0 Å². The Morgan fingerprint density at radius 1 is 1.10 bits per heavy atom. The van der Waals surface area contributed by atoms with Crippen LogP contribution in [0.3, 0.4) is 0 Å². The summed E-state index contributed by atoms with van der Waals surface area (Å²) in [6, 6.07) is 2.90. The summed E-state index contributed by atoms with van der Waals surface area (Å²) in [7, 11) is 0. The zero-order valence-electron chi connectivity index (χ0n) is 16.3. The molecule has 0 aromatic heterocycles. The van der Waals surface area contributed by atoms with Crippen LogP contribution in [0, 0.1) is 0 Å². The first-order valence-electron chi connectivity index (χ1n) is 9.52. The Morgan fingerprint density at radius 2 is 1.80 bits per heavy atom. The highest BCUT2D eigenvalue weighted by atomic mass is 16.4. The number of carboxylic acids is 1. The summed E-state index contributed by atoms with van der Waals surface area (Å²) in [6.07, 6.45) is 1.56. The van der Waals surface area contributed by atoms with Crippen molar-refractivity contribution in [2.24, 2.45) is 0 Å². The Balaban J connectivity index is 2.00. The number of nitrogens with one attached hydrogen (secondary N) is 4. The summed E-state index contributed by atoms with van der Waals surface area (Å²) in [5, 5.41) is 37.6. The number of benzene rings is 1. The molecule has 11 nitrogen and oxygen atoms in total. The van der Waals surface area contributed by atoms with Gasteiger partial charge >= 0.3 is 5.97 Å². The maximum absolute atomic E-state index is 12.5. The number of aliphatic carboxylic acids is 1. The van der Waals surface area contributed by atoms with Gasteiger partial charge in [0.15, 0.2) is 0 Å². The maximum atomic E-state index is 12.5. The van der Waals surface area contributed by atoms with E-state index in [1.54, 1.807) is 12.1 Å². The molecule has 0 bridgehead atoms. The molecule has 164 valence electrons. The first-order chi connectivity index (χ1) is 14.3. The lowest BCUT2D eigenvalue weighted by molar-refractivity contribution is -0.143. The molecule has 1 fully saturated rings. The van der Waals surface area contributed by atoms with Crippen molar-refractivity contribution in [2.75, 3.05) is 19.7 Å². The third-order valence-electron chi connectivity index (χ3n) is 4.63. The van der Waals surface area contributed by atoms with Gasteiger partial charge in [-0.1, -0.05) is 12.1 Å². The molecule has 2 rings (SSSR count). The van der Waals surface area contributed by atoms with E-state index in [0.29, 0.717) is 12.0 Å². The third-order valence-corrected chi connectivity index (χ3v) is 4.63. The van der Waals surface area contributed by atoms with Gasteiger partial charge in [0.2, 0.25) is 17.7 Å². The van der Waals surface area contributed by atoms with Crippen LogP contribution in [0.2, 0.25) is 0 Å². The molecular weight excluding hydrogens is 396 g/mol. The highest BCUT2D eigenvalue weighted by molar-refractivity contribution is 5.92. The summed E-state index contributed by atoms with van der Waals surface area (Å²) in [4.78, 5) is 47.9. The van der Waals surface area contributed by atoms with Crippen molar-refractivity contribution >= 4 is 23.7 Å². The monoisotopic (exact) mass is 422 g/mol. The summed E-state index contributed by atoms with van der Waals surface area (Å²) in [5.74, 6) is -3.14. The van der Waals surface area contributed by atoms with E-state index in [1.807, 2.05) is 0 Å². The Hall–Kier alpha value is -3.18. The molecule has 0 saturated carbocycles. The van der Waals surface area contributed by atoms with E-state index in [1.165, 1.54) is 12.1 Å². The lowest BCUT2D eigenvalue weighted by atomic mass is 10.0. The fraction of sp³-hybridized carbons (Fsp3) is 0.474. The Bertz CT molecular complexity index is 763. The number of carboxylic acid groups (broad SMARTS) is 1. The second kappa shape index (κ2) is 11.1. The van der Waals surface area contributed by atoms with Crippen LogP contribution in [0.4, 0.5) is 0 Å². The van der Waals surface area contributed by atoms with Crippen molar-refractivity contribution in [1.29, 1.82) is 0 Å². The average molecular weight is 422 g/mol. The number of hydrogen-bond acceptors (Lipinski definition) is 7. The molecule has 0 unspecified atom stereocenters. The Kier molecular flexibility index (Phi) is 8.56. The molecule has 7 N–H and O–H groups in total. The van der Waals surface area contributed by atoms with Crippen LogP contribution < -0.4 is 21.3 Å². The van der Waals surface area contributed by atoms with Gasteiger partial charge in [-0.05, 0) is 37.1 Å². The summed E-state index contributed by atoms with van der Waals surface area (Å²) in [5.41, 5.74) is 0.600. The zero-order chi connectivity index (χ0) is 22.1. The van der Waals surface area contributed by atoms with Crippen LogP contribution in [0.25, 0.3) is 0 Å². The molecule has 1 aliphatic rings. The topological polar surface area (TPSA) is 177 Å². The molecule has 11 heteroatoms. The van der Waals surface area contributed by atoms with E-state index < -0.39 is 36.5 Å². The van der Waals surface area contributed by atoms with Gasteiger partial charge in [-0.2, -0.15) is 0 Å². The first-order valence-corrected chi connectivity index (χ1v) is 9.52. The predicted octanol–water partition coefficient (Wildman–Crippen LogP) is -2.15. The van der Waals surface area contributed by atoms with E-state index in [4.69, 9.17) is 10.2 Å². The van der Waals surface area contributed by atoms with E-state index in [2.05, 4.69) is 21.3 Å². The van der Waals surface area contributed by atoms with Crippen LogP contribution in [-0.2, 0) is 25.6 Å². The molecule has 1 aromatic rings. The second-order valence-electron chi connectivity index (χ2n) is 6.94. The SMILES string of the molecule is O=C(CNC(=O)[C@@H]1CCCN1)N[C@@H](Cc1ccc(O)cc1)C(=O)N[C@@H](CO)C(=O)O. The largest absolute Gasteiger partial charge is 0.508 e. The number of aromatic hydroxyl groups is 1. The molecule has 3 amide bonds.